The maximum atomic E-state index is 13.2. The summed E-state index contributed by atoms with van der Waals surface area (Å²) in [5.41, 5.74) is -3.53. The molecule has 43 heavy (non-hydrogen) atoms. The van der Waals surface area contributed by atoms with Crippen LogP contribution in [-0.4, -0.2) is 116 Å². The summed E-state index contributed by atoms with van der Waals surface area (Å²) in [6, 6.07) is 2.22. The molecule has 5 N–H and O–H groups in total. The van der Waals surface area contributed by atoms with Gasteiger partial charge < -0.3 is 25.3 Å². The smallest absolute Gasteiger partial charge is 0.446 e. The topological polar surface area (TPSA) is 348 Å². The summed E-state index contributed by atoms with van der Waals surface area (Å²) in [6.07, 6.45) is 0. The van der Waals surface area contributed by atoms with Crippen LogP contribution >= 0.6 is 0 Å². The molecule has 1 aromatic heterocycles. The largest absolute Gasteiger partial charge is 0.452 e. The molecule has 22 nitrogen and oxygen atoms in total. The Morgan fingerprint density at radius 2 is 1.02 bits per heavy atom. The standard InChI is InChI=1S/C15H10O22S5.K/c16-13-12-10(4-7(33-38(17,18)19)5-11(12)36-41(26,27)28)32-14(15(13)37-42(29,30)31)6-1-2-8(34-39(20,21)22)9(3-6)35-40(23,24)25;/h1-5H,(H,17,18,19)(H,20,21,22)(H,23,24,25)(H,26,27,28)(H,29,30,31);. The van der Waals surface area contributed by atoms with Crippen molar-refractivity contribution in [1.82, 2.24) is 0 Å². The first-order valence-corrected chi connectivity index (χ1v) is 16.3. The van der Waals surface area contributed by atoms with Gasteiger partial charge in [-0.1, -0.05) is 0 Å². The molecule has 0 spiro atoms. The van der Waals surface area contributed by atoms with Gasteiger partial charge in [0.05, 0.1) is 0 Å². The van der Waals surface area contributed by atoms with Crippen molar-refractivity contribution >= 4 is 114 Å². The molecule has 0 amide bonds. The molecule has 3 rings (SSSR count). The summed E-state index contributed by atoms with van der Waals surface area (Å²) in [7, 11) is -27.4. The van der Waals surface area contributed by atoms with Crippen LogP contribution in [0.1, 0.15) is 0 Å². The van der Waals surface area contributed by atoms with Gasteiger partial charge in [0.15, 0.2) is 28.8 Å². The summed E-state index contributed by atoms with van der Waals surface area (Å²) in [4.78, 5) is 13.2. The van der Waals surface area contributed by atoms with Gasteiger partial charge in [0.1, 0.15) is 11.0 Å². The van der Waals surface area contributed by atoms with Crippen LogP contribution < -0.4 is 26.3 Å². The van der Waals surface area contributed by atoms with Gasteiger partial charge in [-0.15, -0.1) is 0 Å². The average molecular weight is 742 g/mol. The quantitative estimate of drug-likeness (QED) is 0.116. The van der Waals surface area contributed by atoms with Crippen molar-refractivity contribution in [2.45, 2.75) is 0 Å². The molecule has 233 valence electrons. The number of hydrogen-bond donors (Lipinski definition) is 5. The minimum absolute atomic E-state index is 0. The van der Waals surface area contributed by atoms with Gasteiger partial charge in [-0.05, 0) is 18.2 Å². The molecule has 0 aliphatic heterocycles. The minimum Gasteiger partial charge on any atom is -0.452 e. The predicted molar refractivity (Wildman–Crippen MR) is 135 cm³/mol. The van der Waals surface area contributed by atoms with E-state index in [1.54, 1.807) is 0 Å². The molecule has 0 aliphatic rings. The molecule has 1 heterocycles. The summed E-state index contributed by atoms with van der Waals surface area (Å²) >= 11 is 0. The van der Waals surface area contributed by atoms with E-state index in [2.05, 4.69) is 20.9 Å². The first-order valence-electron chi connectivity index (χ1n) is 9.44. The molecule has 0 atom stereocenters. The fourth-order valence-corrected chi connectivity index (χ4v) is 4.75. The van der Waals surface area contributed by atoms with Gasteiger partial charge in [-0.3, -0.25) is 27.6 Å². The summed E-state index contributed by atoms with van der Waals surface area (Å²) in [6.45, 7) is 0. The monoisotopic (exact) mass is 741 g/mol. The van der Waals surface area contributed by atoms with E-state index in [1.165, 1.54) is 0 Å². The first-order chi connectivity index (χ1) is 18.8. The number of hydrogen-bond acceptors (Lipinski definition) is 17. The normalized spacial score (nSPS) is 12.7. The molecule has 1 radical (unpaired) electrons. The first kappa shape index (κ1) is 37.0. The van der Waals surface area contributed by atoms with E-state index in [-0.39, 0.29) is 57.5 Å². The van der Waals surface area contributed by atoms with Crippen molar-refractivity contribution in [3.05, 3.63) is 40.6 Å². The van der Waals surface area contributed by atoms with Crippen LogP contribution in [0.4, 0.5) is 0 Å². The molecule has 0 saturated carbocycles. The van der Waals surface area contributed by atoms with Crippen molar-refractivity contribution in [2.75, 3.05) is 0 Å². The van der Waals surface area contributed by atoms with Crippen LogP contribution in [0.15, 0.2) is 39.5 Å². The molecule has 0 saturated heterocycles. The molecule has 2 aromatic carbocycles. The molecule has 0 bridgehead atoms. The second-order valence-electron chi connectivity index (χ2n) is 7.10. The van der Waals surface area contributed by atoms with Gasteiger partial charge in [0.25, 0.3) is 0 Å². The van der Waals surface area contributed by atoms with E-state index in [1.807, 2.05) is 0 Å². The Bertz CT molecular complexity index is 2200. The zero-order valence-corrected chi connectivity index (χ0v) is 27.3. The molecule has 3 aromatic rings. The van der Waals surface area contributed by atoms with Gasteiger partial charge >= 0.3 is 52.0 Å². The molecule has 0 unspecified atom stereocenters. The van der Waals surface area contributed by atoms with Crippen LogP contribution in [0.3, 0.4) is 0 Å². The Morgan fingerprint density at radius 1 is 0.558 bits per heavy atom. The maximum Gasteiger partial charge on any atom is 0.446 e. The van der Waals surface area contributed by atoms with Crippen molar-refractivity contribution in [2.24, 2.45) is 0 Å². The second kappa shape index (κ2) is 12.7. The van der Waals surface area contributed by atoms with Crippen LogP contribution in [0.5, 0.6) is 28.7 Å². The molecule has 0 aliphatic carbocycles. The van der Waals surface area contributed by atoms with E-state index in [9.17, 15) is 51.4 Å². The van der Waals surface area contributed by atoms with Crippen LogP contribution in [0.25, 0.3) is 22.3 Å². The van der Waals surface area contributed by atoms with Crippen LogP contribution in [-0.2, 0) is 52.0 Å². The molecule has 0 fully saturated rings. The Balaban J connectivity index is 0.00000645. The zero-order valence-electron chi connectivity index (χ0n) is 20.1. The van der Waals surface area contributed by atoms with Crippen molar-refractivity contribution in [3.63, 3.8) is 0 Å². The summed E-state index contributed by atoms with van der Waals surface area (Å²) < 4.78 is 183. The molecular weight excluding hydrogens is 732 g/mol. The number of benzene rings is 2. The molecular formula is C15H10KO22S5. The molecule has 28 heteroatoms. The van der Waals surface area contributed by atoms with Crippen LogP contribution in [0.2, 0.25) is 0 Å². The van der Waals surface area contributed by atoms with Crippen molar-refractivity contribution < 1.29 is 90.2 Å². The minimum atomic E-state index is -5.66. The van der Waals surface area contributed by atoms with E-state index < -0.39 is 108 Å². The van der Waals surface area contributed by atoms with Crippen LogP contribution in [0, 0.1) is 0 Å². The Kier molecular flexibility index (Phi) is 10.9. The zero-order chi connectivity index (χ0) is 32.1. The van der Waals surface area contributed by atoms with Gasteiger partial charge in [0, 0.05) is 69.1 Å². The van der Waals surface area contributed by atoms with E-state index in [0.29, 0.717) is 24.3 Å². The third-order valence-electron chi connectivity index (χ3n) is 4.07. The Hall–Kier alpha value is -2.16. The van der Waals surface area contributed by atoms with Gasteiger partial charge in [-0.25, -0.2) is 0 Å². The fourth-order valence-electron chi connectivity index (χ4n) is 2.97. The summed E-state index contributed by atoms with van der Waals surface area (Å²) in [5, 5.41) is -1.15. The Labute approximate surface area is 282 Å². The van der Waals surface area contributed by atoms with E-state index >= 15 is 0 Å². The third kappa shape index (κ3) is 11.1. The maximum absolute atomic E-state index is 13.2. The van der Waals surface area contributed by atoms with Crippen molar-refractivity contribution in [3.8, 4) is 40.1 Å². The van der Waals surface area contributed by atoms with E-state index in [0.717, 1.165) is 0 Å². The third-order valence-corrected chi connectivity index (χ3v) is 6.02. The average Bonchev–Trinajstić information content (AvgIpc) is 2.71. The predicted octanol–water partition coefficient (Wildman–Crippen LogP) is -1.01. The summed E-state index contributed by atoms with van der Waals surface area (Å²) in [5.74, 6) is -7.57. The number of fused-ring (bicyclic) bond motifs is 1. The SMILES string of the molecule is O=c1c(OS(=O)(=O)O)c(-c2ccc(OS(=O)(=O)O)c(OS(=O)(=O)O)c2)oc2cc(OS(=O)(=O)O)cc(OS(=O)(=O)O)c12.[K]. The number of rotatable bonds is 11. The fraction of sp³-hybridized carbons (Fsp3) is 0. The Morgan fingerprint density at radius 3 is 1.51 bits per heavy atom. The second-order valence-corrected chi connectivity index (χ2v) is 12.2. The van der Waals surface area contributed by atoms with Gasteiger partial charge in [-0.2, -0.15) is 42.1 Å². The van der Waals surface area contributed by atoms with Gasteiger partial charge in [0.2, 0.25) is 11.2 Å². The van der Waals surface area contributed by atoms with Crippen molar-refractivity contribution in [1.29, 1.82) is 0 Å². The van der Waals surface area contributed by atoms with E-state index in [4.69, 9.17) is 22.6 Å².